The third-order valence-electron chi connectivity index (χ3n) is 4.56. The van der Waals surface area contributed by atoms with E-state index in [1.54, 1.807) is 6.07 Å². The Balaban J connectivity index is 1.79. The molecule has 0 amide bonds. The van der Waals surface area contributed by atoms with Crippen LogP contribution in [-0.2, 0) is 6.54 Å². The van der Waals surface area contributed by atoms with E-state index in [1.807, 2.05) is 35.8 Å². The van der Waals surface area contributed by atoms with E-state index in [0.717, 1.165) is 34.2 Å². The first-order chi connectivity index (χ1) is 12.0. The second kappa shape index (κ2) is 7.14. The molecular weight excluding hydrogens is 310 g/mol. The molecule has 0 spiro atoms. The molecule has 3 aromatic rings. The molecule has 130 valence electrons. The summed E-state index contributed by atoms with van der Waals surface area (Å²) in [6.07, 6.45) is 0.791. The summed E-state index contributed by atoms with van der Waals surface area (Å²) < 4.78 is 7.68. The van der Waals surface area contributed by atoms with Crippen molar-refractivity contribution < 1.29 is 4.74 Å². The summed E-state index contributed by atoms with van der Waals surface area (Å²) in [5, 5.41) is 1.16. The molecular formula is C22H25NO2. The van der Waals surface area contributed by atoms with Crippen molar-refractivity contribution >= 4 is 10.9 Å². The molecule has 0 aliphatic rings. The number of nitrogens with zero attached hydrogens (tertiary/aromatic N) is 1. The maximum atomic E-state index is 12.5. The first-order valence-corrected chi connectivity index (χ1v) is 8.76. The number of rotatable bonds is 5. The van der Waals surface area contributed by atoms with Gasteiger partial charge in [-0.1, -0.05) is 29.3 Å². The van der Waals surface area contributed by atoms with Crippen molar-refractivity contribution in [1.82, 2.24) is 4.57 Å². The highest BCUT2D eigenvalue weighted by Crippen LogP contribution is 2.22. The Morgan fingerprint density at radius 2 is 1.60 bits per heavy atom. The molecule has 0 unspecified atom stereocenters. The molecule has 2 aromatic carbocycles. The summed E-state index contributed by atoms with van der Waals surface area (Å²) in [4.78, 5) is 12.5. The minimum absolute atomic E-state index is 0.0623. The maximum Gasteiger partial charge on any atom is 0.251 e. The van der Waals surface area contributed by atoms with Gasteiger partial charge in [0, 0.05) is 18.0 Å². The lowest BCUT2D eigenvalue weighted by atomic mass is 10.0. The summed E-state index contributed by atoms with van der Waals surface area (Å²) in [6, 6.07) is 14.1. The number of benzene rings is 2. The number of aromatic nitrogens is 1. The van der Waals surface area contributed by atoms with Gasteiger partial charge in [0.05, 0.1) is 12.1 Å². The van der Waals surface area contributed by atoms with Gasteiger partial charge in [-0.2, -0.15) is 0 Å². The zero-order chi connectivity index (χ0) is 18.0. The van der Waals surface area contributed by atoms with Crippen LogP contribution in [0.3, 0.4) is 0 Å². The molecule has 0 aliphatic heterocycles. The number of fused-ring (bicyclic) bond motifs is 1. The van der Waals surface area contributed by atoms with Crippen LogP contribution in [0.15, 0.2) is 47.3 Å². The Morgan fingerprint density at radius 1 is 0.880 bits per heavy atom. The summed E-state index contributed by atoms with van der Waals surface area (Å²) in [6.45, 7) is 9.49. The van der Waals surface area contributed by atoms with Crippen LogP contribution in [0.1, 0.15) is 28.7 Å². The average Bonchev–Trinajstić information content (AvgIpc) is 2.56. The minimum Gasteiger partial charge on any atom is -0.494 e. The first kappa shape index (κ1) is 17.3. The van der Waals surface area contributed by atoms with Crippen LogP contribution in [0, 0.1) is 27.7 Å². The Bertz CT molecular complexity index is 952. The molecule has 1 heterocycles. The van der Waals surface area contributed by atoms with Crippen molar-refractivity contribution in [3.63, 3.8) is 0 Å². The second-order valence-corrected chi connectivity index (χ2v) is 6.81. The van der Waals surface area contributed by atoms with Gasteiger partial charge in [0.25, 0.3) is 5.56 Å². The Kier molecular flexibility index (Phi) is 4.93. The molecule has 0 bridgehead atoms. The van der Waals surface area contributed by atoms with Crippen molar-refractivity contribution in [3.8, 4) is 5.75 Å². The largest absolute Gasteiger partial charge is 0.494 e. The van der Waals surface area contributed by atoms with Crippen molar-refractivity contribution in [3.05, 3.63) is 75.1 Å². The molecule has 0 saturated heterocycles. The molecule has 25 heavy (non-hydrogen) atoms. The van der Waals surface area contributed by atoms with Gasteiger partial charge in [-0.3, -0.25) is 4.79 Å². The zero-order valence-corrected chi connectivity index (χ0v) is 15.4. The van der Waals surface area contributed by atoms with Crippen LogP contribution in [0.4, 0.5) is 0 Å². The molecule has 3 nitrogen and oxygen atoms in total. The minimum atomic E-state index is 0.0623. The van der Waals surface area contributed by atoms with Crippen LogP contribution in [-0.4, -0.2) is 11.2 Å². The van der Waals surface area contributed by atoms with Gasteiger partial charge in [-0.15, -0.1) is 0 Å². The van der Waals surface area contributed by atoms with E-state index in [4.69, 9.17) is 4.74 Å². The van der Waals surface area contributed by atoms with E-state index in [9.17, 15) is 4.79 Å². The normalized spacial score (nSPS) is 11.0. The first-order valence-electron chi connectivity index (χ1n) is 8.76. The van der Waals surface area contributed by atoms with Gasteiger partial charge in [0.15, 0.2) is 0 Å². The molecule has 0 radical (unpaired) electrons. The van der Waals surface area contributed by atoms with E-state index >= 15 is 0 Å². The summed E-state index contributed by atoms with van der Waals surface area (Å²) >= 11 is 0. The van der Waals surface area contributed by atoms with Crippen molar-refractivity contribution in [1.29, 1.82) is 0 Å². The monoisotopic (exact) mass is 335 g/mol. The molecule has 3 heteroatoms. The molecule has 3 rings (SSSR count). The fourth-order valence-corrected chi connectivity index (χ4v) is 3.34. The van der Waals surface area contributed by atoms with Gasteiger partial charge < -0.3 is 9.30 Å². The van der Waals surface area contributed by atoms with Gasteiger partial charge in [0.2, 0.25) is 0 Å². The lowest BCUT2D eigenvalue weighted by molar-refractivity contribution is 0.302. The third kappa shape index (κ3) is 3.76. The van der Waals surface area contributed by atoms with Crippen molar-refractivity contribution in [2.45, 2.75) is 40.7 Å². The predicted octanol–water partition coefficient (Wildman–Crippen LogP) is 4.70. The van der Waals surface area contributed by atoms with E-state index in [-0.39, 0.29) is 5.56 Å². The highest BCUT2D eigenvalue weighted by atomic mass is 16.5. The smallest absolute Gasteiger partial charge is 0.251 e. The van der Waals surface area contributed by atoms with Crippen molar-refractivity contribution in [2.75, 3.05) is 6.61 Å². The molecule has 1 aromatic heterocycles. The molecule has 0 atom stereocenters. The Morgan fingerprint density at radius 3 is 2.32 bits per heavy atom. The van der Waals surface area contributed by atoms with Crippen LogP contribution in [0.25, 0.3) is 10.9 Å². The fourth-order valence-electron chi connectivity index (χ4n) is 3.34. The SMILES string of the molecule is Cc1ccc(OCCCn2c(=O)cc(C)c3cc(C)cc(C)c32)cc1. The number of ether oxygens (including phenoxy) is 1. The van der Waals surface area contributed by atoms with Gasteiger partial charge >= 0.3 is 0 Å². The standard InChI is InChI=1S/C22H25NO2/c1-15-6-8-19(9-7-15)25-11-5-10-23-21(24)14-17(3)20-13-16(2)12-18(4)22(20)23/h6-9,12-14H,5,10-11H2,1-4H3. The van der Waals surface area contributed by atoms with Gasteiger partial charge in [-0.05, 0) is 63.4 Å². The second-order valence-electron chi connectivity index (χ2n) is 6.81. The zero-order valence-electron chi connectivity index (χ0n) is 15.4. The number of aryl methyl sites for hydroxylation is 5. The lowest BCUT2D eigenvalue weighted by Crippen LogP contribution is -2.22. The lowest BCUT2D eigenvalue weighted by Gasteiger charge is -2.15. The maximum absolute atomic E-state index is 12.5. The van der Waals surface area contributed by atoms with Gasteiger partial charge in [0.1, 0.15) is 5.75 Å². The van der Waals surface area contributed by atoms with Crippen LogP contribution < -0.4 is 10.3 Å². The van der Waals surface area contributed by atoms with E-state index in [1.165, 1.54) is 11.1 Å². The van der Waals surface area contributed by atoms with Crippen molar-refractivity contribution in [2.24, 2.45) is 0 Å². The number of pyridine rings is 1. The number of hydrogen-bond donors (Lipinski definition) is 0. The fraction of sp³-hybridized carbons (Fsp3) is 0.318. The highest BCUT2D eigenvalue weighted by Gasteiger charge is 2.09. The quantitative estimate of drug-likeness (QED) is 0.633. The third-order valence-corrected chi connectivity index (χ3v) is 4.56. The topological polar surface area (TPSA) is 31.2 Å². The van der Waals surface area contributed by atoms with E-state index in [2.05, 4.69) is 32.9 Å². The van der Waals surface area contributed by atoms with Gasteiger partial charge in [-0.25, -0.2) is 0 Å². The summed E-state index contributed by atoms with van der Waals surface area (Å²) in [7, 11) is 0. The molecule has 0 fully saturated rings. The van der Waals surface area contributed by atoms with E-state index < -0.39 is 0 Å². The Hall–Kier alpha value is -2.55. The van der Waals surface area contributed by atoms with Crippen LogP contribution in [0.5, 0.6) is 5.75 Å². The predicted molar refractivity (Wildman–Crippen MR) is 104 cm³/mol. The van der Waals surface area contributed by atoms with E-state index in [0.29, 0.717) is 13.2 Å². The highest BCUT2D eigenvalue weighted by molar-refractivity contribution is 5.86. The summed E-state index contributed by atoms with van der Waals surface area (Å²) in [5.74, 6) is 0.874. The van der Waals surface area contributed by atoms with Crippen LogP contribution >= 0.6 is 0 Å². The van der Waals surface area contributed by atoms with Crippen LogP contribution in [0.2, 0.25) is 0 Å². The average molecular weight is 335 g/mol. The Labute approximate surface area is 148 Å². The molecule has 0 N–H and O–H groups in total. The number of hydrogen-bond acceptors (Lipinski definition) is 2. The molecule has 0 aliphatic carbocycles. The molecule has 0 saturated carbocycles. The summed E-state index contributed by atoms with van der Waals surface area (Å²) in [5.41, 5.74) is 5.74.